The van der Waals surface area contributed by atoms with Gasteiger partial charge in [-0.1, -0.05) is 0 Å². The number of fused-ring (bicyclic) bond motifs is 1. The number of nitrogens with zero attached hydrogens (tertiary/aromatic N) is 5. The summed E-state index contributed by atoms with van der Waals surface area (Å²) in [7, 11) is -3.75. The summed E-state index contributed by atoms with van der Waals surface area (Å²) >= 11 is 0. The molecular weight excluding hydrogens is 292 g/mol. The lowest BCUT2D eigenvalue weighted by atomic mass is 10.3. The highest BCUT2D eigenvalue weighted by molar-refractivity contribution is 7.92. The van der Waals surface area contributed by atoms with Gasteiger partial charge in [-0.05, 0) is 25.5 Å². The van der Waals surface area contributed by atoms with Gasteiger partial charge in [0.25, 0.3) is 10.0 Å². The van der Waals surface area contributed by atoms with E-state index in [4.69, 9.17) is 0 Å². The molecule has 0 saturated carbocycles. The third-order valence-corrected chi connectivity index (χ3v) is 4.24. The summed E-state index contributed by atoms with van der Waals surface area (Å²) in [4.78, 5) is 5.51. The molecule has 0 bridgehead atoms. The molecule has 3 aromatic heterocycles. The molecule has 0 atom stereocenters. The average molecular weight is 306 g/mol. The van der Waals surface area contributed by atoms with E-state index in [9.17, 15) is 8.42 Å². The van der Waals surface area contributed by atoms with Gasteiger partial charge in [0.1, 0.15) is 5.65 Å². The molecule has 3 rings (SSSR count). The van der Waals surface area contributed by atoms with E-state index in [1.165, 1.54) is 11.0 Å². The molecule has 3 heterocycles. The largest absolute Gasteiger partial charge is 0.305 e. The molecule has 8 nitrogen and oxygen atoms in total. The normalized spacial score (nSPS) is 11.9. The van der Waals surface area contributed by atoms with Gasteiger partial charge in [-0.25, -0.2) is 4.98 Å². The number of aromatic nitrogens is 5. The standard InChI is InChI=1S/C12H14N6O2S/c1-3-18-14-7-11(15-18)21(19,20)16-10-6-9(2)12-13-4-5-17(12)8-10/h4-8,16H,3H2,1-2H3. The maximum atomic E-state index is 12.3. The number of hydrogen-bond acceptors (Lipinski definition) is 5. The minimum Gasteiger partial charge on any atom is -0.305 e. The summed E-state index contributed by atoms with van der Waals surface area (Å²) in [6.45, 7) is 4.21. The van der Waals surface area contributed by atoms with Crippen molar-refractivity contribution >= 4 is 21.4 Å². The minimum atomic E-state index is -3.75. The average Bonchev–Trinajstić information content (AvgIpc) is 3.06. The summed E-state index contributed by atoms with van der Waals surface area (Å²) in [5.41, 5.74) is 2.11. The van der Waals surface area contributed by atoms with Crippen LogP contribution in [0.15, 0.2) is 35.9 Å². The molecule has 21 heavy (non-hydrogen) atoms. The fourth-order valence-corrected chi connectivity index (χ4v) is 2.94. The van der Waals surface area contributed by atoms with Gasteiger partial charge in [0.2, 0.25) is 5.03 Å². The van der Waals surface area contributed by atoms with Crippen molar-refractivity contribution in [3.05, 3.63) is 36.4 Å². The van der Waals surface area contributed by atoms with E-state index in [0.717, 1.165) is 11.2 Å². The zero-order valence-electron chi connectivity index (χ0n) is 11.6. The molecule has 0 amide bonds. The molecule has 3 aromatic rings. The zero-order valence-corrected chi connectivity index (χ0v) is 12.4. The van der Waals surface area contributed by atoms with Gasteiger partial charge in [-0.3, -0.25) is 4.72 Å². The lowest BCUT2D eigenvalue weighted by molar-refractivity contribution is 0.551. The van der Waals surface area contributed by atoms with Crippen molar-refractivity contribution in [2.75, 3.05) is 4.72 Å². The van der Waals surface area contributed by atoms with Crippen LogP contribution in [0.4, 0.5) is 5.69 Å². The predicted octanol–water partition coefficient (Wildman–Crippen LogP) is 1.05. The molecule has 0 fully saturated rings. The summed E-state index contributed by atoms with van der Waals surface area (Å²) < 4.78 is 28.8. The summed E-state index contributed by atoms with van der Waals surface area (Å²) in [5.74, 6) is 0. The van der Waals surface area contributed by atoms with Crippen molar-refractivity contribution in [1.29, 1.82) is 0 Å². The Labute approximate surface area is 121 Å². The monoisotopic (exact) mass is 306 g/mol. The SMILES string of the molecule is CCn1ncc(S(=O)(=O)Nc2cc(C)c3nccn3c2)n1. The van der Waals surface area contributed by atoms with Crippen LogP contribution < -0.4 is 4.72 Å². The molecule has 0 spiro atoms. The van der Waals surface area contributed by atoms with Crippen LogP contribution >= 0.6 is 0 Å². The number of imidazole rings is 1. The Kier molecular flexibility index (Phi) is 3.13. The van der Waals surface area contributed by atoms with E-state index in [2.05, 4.69) is 19.9 Å². The molecule has 1 N–H and O–H groups in total. The Balaban J connectivity index is 1.96. The van der Waals surface area contributed by atoms with Gasteiger partial charge < -0.3 is 4.40 Å². The Hall–Kier alpha value is -2.42. The third-order valence-electron chi connectivity index (χ3n) is 3.00. The lowest BCUT2D eigenvalue weighted by Crippen LogP contribution is -2.14. The van der Waals surface area contributed by atoms with Crippen LogP contribution in [0.3, 0.4) is 0 Å². The molecule has 9 heteroatoms. The Bertz CT molecular complexity index is 896. The minimum absolute atomic E-state index is 0.104. The number of hydrogen-bond donors (Lipinski definition) is 1. The van der Waals surface area contributed by atoms with Crippen molar-refractivity contribution in [1.82, 2.24) is 24.4 Å². The molecule has 0 radical (unpaired) electrons. The Morgan fingerprint density at radius 2 is 2.19 bits per heavy atom. The second kappa shape index (κ2) is 4.85. The topological polar surface area (TPSA) is 94.2 Å². The highest BCUT2D eigenvalue weighted by Crippen LogP contribution is 2.18. The van der Waals surface area contributed by atoms with Crippen LogP contribution in [-0.4, -0.2) is 32.8 Å². The first-order chi connectivity index (χ1) is 9.99. The van der Waals surface area contributed by atoms with Gasteiger partial charge in [-0.15, -0.1) is 5.10 Å². The van der Waals surface area contributed by atoms with E-state index in [1.807, 2.05) is 13.8 Å². The van der Waals surface area contributed by atoms with Crippen molar-refractivity contribution in [2.24, 2.45) is 0 Å². The predicted molar refractivity (Wildman–Crippen MR) is 76.4 cm³/mol. The first-order valence-electron chi connectivity index (χ1n) is 6.36. The van der Waals surface area contributed by atoms with Crippen molar-refractivity contribution in [3.63, 3.8) is 0 Å². The molecule has 0 aromatic carbocycles. The maximum absolute atomic E-state index is 12.3. The van der Waals surface area contributed by atoms with Crippen LogP contribution in [0.2, 0.25) is 0 Å². The molecule has 0 aliphatic rings. The van der Waals surface area contributed by atoms with Crippen LogP contribution in [0, 0.1) is 6.92 Å². The van der Waals surface area contributed by atoms with Gasteiger partial charge in [0.05, 0.1) is 18.4 Å². The zero-order chi connectivity index (χ0) is 15.0. The van der Waals surface area contributed by atoms with Gasteiger partial charge in [-0.2, -0.15) is 18.3 Å². The number of rotatable bonds is 4. The van der Waals surface area contributed by atoms with Crippen LogP contribution in [-0.2, 0) is 16.6 Å². The van der Waals surface area contributed by atoms with Crippen LogP contribution in [0.5, 0.6) is 0 Å². The van der Waals surface area contributed by atoms with Crippen LogP contribution in [0.25, 0.3) is 5.65 Å². The molecule has 0 unspecified atom stereocenters. The highest BCUT2D eigenvalue weighted by Gasteiger charge is 2.19. The van der Waals surface area contributed by atoms with E-state index >= 15 is 0 Å². The van der Waals surface area contributed by atoms with Crippen molar-refractivity contribution in [3.8, 4) is 0 Å². The first-order valence-corrected chi connectivity index (χ1v) is 7.84. The lowest BCUT2D eigenvalue weighted by Gasteiger charge is -2.07. The molecule has 110 valence electrons. The number of pyridine rings is 1. The maximum Gasteiger partial charge on any atom is 0.282 e. The third kappa shape index (κ3) is 2.47. The van der Waals surface area contributed by atoms with E-state index in [1.54, 1.807) is 29.1 Å². The number of anilines is 1. The number of aryl methyl sites for hydroxylation is 2. The van der Waals surface area contributed by atoms with E-state index in [0.29, 0.717) is 12.2 Å². The second-order valence-electron chi connectivity index (χ2n) is 4.55. The first kappa shape index (κ1) is 13.6. The molecular formula is C12H14N6O2S. The summed E-state index contributed by atoms with van der Waals surface area (Å²) in [6, 6.07) is 1.73. The molecule has 0 aliphatic heterocycles. The quantitative estimate of drug-likeness (QED) is 0.777. The van der Waals surface area contributed by atoms with Crippen molar-refractivity contribution < 1.29 is 8.42 Å². The van der Waals surface area contributed by atoms with Gasteiger partial charge in [0.15, 0.2) is 0 Å². The second-order valence-corrected chi connectivity index (χ2v) is 6.18. The number of nitrogens with one attached hydrogen (secondary N) is 1. The van der Waals surface area contributed by atoms with E-state index < -0.39 is 10.0 Å². The molecule has 0 aliphatic carbocycles. The fraction of sp³-hybridized carbons (Fsp3) is 0.250. The summed E-state index contributed by atoms with van der Waals surface area (Å²) in [6.07, 6.45) is 6.31. The fourth-order valence-electron chi connectivity index (χ4n) is 2.03. The van der Waals surface area contributed by atoms with Gasteiger partial charge in [0, 0.05) is 18.6 Å². The summed E-state index contributed by atoms with van der Waals surface area (Å²) in [5, 5.41) is 7.68. The Morgan fingerprint density at radius 1 is 1.38 bits per heavy atom. The smallest absolute Gasteiger partial charge is 0.282 e. The van der Waals surface area contributed by atoms with Crippen LogP contribution in [0.1, 0.15) is 12.5 Å². The molecule has 0 saturated heterocycles. The van der Waals surface area contributed by atoms with E-state index in [-0.39, 0.29) is 5.03 Å². The Morgan fingerprint density at radius 3 is 2.90 bits per heavy atom. The van der Waals surface area contributed by atoms with Crippen molar-refractivity contribution in [2.45, 2.75) is 25.4 Å². The number of sulfonamides is 1. The highest BCUT2D eigenvalue weighted by atomic mass is 32.2. The van der Waals surface area contributed by atoms with Gasteiger partial charge >= 0.3 is 0 Å².